The maximum absolute atomic E-state index is 12.4. The lowest BCUT2D eigenvalue weighted by molar-refractivity contribution is -0.144. The van der Waals surface area contributed by atoms with Crippen LogP contribution in [0.3, 0.4) is 0 Å². The van der Waals surface area contributed by atoms with Gasteiger partial charge in [-0.05, 0) is 37.7 Å². The molecule has 0 atom stereocenters. The number of piperidine rings is 1. The smallest absolute Gasteiger partial charge is 0.252 e. The molecule has 1 aliphatic carbocycles. The summed E-state index contributed by atoms with van der Waals surface area (Å²) in [6, 6.07) is 10.8. The van der Waals surface area contributed by atoms with Crippen LogP contribution in [0.2, 0.25) is 0 Å². The number of likely N-dealkylation sites (tertiary alicyclic amines) is 1. The molecule has 0 spiro atoms. The quantitative estimate of drug-likeness (QED) is 0.872. The first-order chi connectivity index (χ1) is 11.7. The maximum Gasteiger partial charge on any atom is 0.252 e. The van der Waals surface area contributed by atoms with Crippen LogP contribution in [0, 0.1) is 0 Å². The number of aliphatic hydroxyl groups is 1. The summed E-state index contributed by atoms with van der Waals surface area (Å²) in [5, 5.41) is 13.6. The van der Waals surface area contributed by atoms with E-state index in [1.807, 2.05) is 0 Å². The Kier molecular flexibility index (Phi) is 5.90. The fraction of sp³-hybridized carbons (Fsp3) is 0.650. The maximum atomic E-state index is 12.4. The second-order valence-corrected chi connectivity index (χ2v) is 7.42. The molecule has 1 aliphatic heterocycles. The summed E-state index contributed by atoms with van der Waals surface area (Å²) in [5.74, 6) is -0.134. The molecule has 1 aromatic rings. The van der Waals surface area contributed by atoms with Crippen molar-refractivity contribution in [3.05, 3.63) is 35.9 Å². The Morgan fingerprint density at radius 2 is 1.79 bits per heavy atom. The SMILES string of the molecule is O=C(NC1CCN(CCc2ccccc2)CC1)C1(O)CCCCC1. The third-order valence-electron chi connectivity index (χ3n) is 5.59. The van der Waals surface area contributed by atoms with Gasteiger partial charge in [0.15, 0.2) is 0 Å². The molecule has 1 aromatic carbocycles. The van der Waals surface area contributed by atoms with Crippen LogP contribution in [0.15, 0.2) is 30.3 Å². The minimum Gasteiger partial charge on any atom is -0.380 e. The molecule has 2 N–H and O–H groups in total. The normalized spacial score (nSPS) is 22.2. The van der Waals surface area contributed by atoms with Gasteiger partial charge < -0.3 is 15.3 Å². The van der Waals surface area contributed by atoms with Crippen LogP contribution >= 0.6 is 0 Å². The molecule has 1 saturated heterocycles. The number of hydrogen-bond acceptors (Lipinski definition) is 3. The summed E-state index contributed by atoms with van der Waals surface area (Å²) in [5.41, 5.74) is 0.273. The number of hydrogen-bond donors (Lipinski definition) is 2. The highest BCUT2D eigenvalue weighted by Crippen LogP contribution is 2.28. The van der Waals surface area contributed by atoms with E-state index in [1.54, 1.807) is 0 Å². The average Bonchev–Trinajstić information content (AvgIpc) is 2.62. The van der Waals surface area contributed by atoms with Crippen LogP contribution in [0.25, 0.3) is 0 Å². The lowest BCUT2D eigenvalue weighted by Crippen LogP contribution is -2.53. The highest BCUT2D eigenvalue weighted by Gasteiger charge is 2.38. The Bertz CT molecular complexity index is 518. The first-order valence-corrected chi connectivity index (χ1v) is 9.45. The van der Waals surface area contributed by atoms with Crippen molar-refractivity contribution < 1.29 is 9.90 Å². The summed E-state index contributed by atoms with van der Waals surface area (Å²) in [7, 11) is 0. The molecule has 1 saturated carbocycles. The van der Waals surface area contributed by atoms with Gasteiger partial charge in [-0.1, -0.05) is 49.6 Å². The minimum absolute atomic E-state index is 0.134. The molecule has 3 rings (SSSR count). The summed E-state index contributed by atoms with van der Waals surface area (Å²) in [6.07, 6.45) is 7.34. The number of rotatable bonds is 5. The Labute approximate surface area is 145 Å². The molecule has 0 aromatic heterocycles. The minimum atomic E-state index is -1.11. The van der Waals surface area contributed by atoms with E-state index in [4.69, 9.17) is 0 Å². The molecular formula is C20H30N2O2. The van der Waals surface area contributed by atoms with Crippen molar-refractivity contribution >= 4 is 5.91 Å². The van der Waals surface area contributed by atoms with Gasteiger partial charge in [-0.15, -0.1) is 0 Å². The third kappa shape index (κ3) is 4.58. The average molecular weight is 330 g/mol. The lowest BCUT2D eigenvalue weighted by atomic mass is 9.84. The van der Waals surface area contributed by atoms with E-state index in [0.717, 1.165) is 58.2 Å². The number of nitrogens with one attached hydrogen (secondary N) is 1. The van der Waals surface area contributed by atoms with Crippen molar-refractivity contribution in [3.8, 4) is 0 Å². The van der Waals surface area contributed by atoms with Gasteiger partial charge in [0.05, 0.1) is 0 Å². The van der Waals surface area contributed by atoms with Crippen molar-refractivity contribution in [2.75, 3.05) is 19.6 Å². The largest absolute Gasteiger partial charge is 0.380 e. The number of amides is 1. The van der Waals surface area contributed by atoms with E-state index < -0.39 is 5.60 Å². The third-order valence-corrected chi connectivity index (χ3v) is 5.59. The zero-order chi connectivity index (χ0) is 16.8. The van der Waals surface area contributed by atoms with Crippen LogP contribution < -0.4 is 5.32 Å². The van der Waals surface area contributed by atoms with Gasteiger partial charge in [-0.2, -0.15) is 0 Å². The van der Waals surface area contributed by atoms with Gasteiger partial charge >= 0.3 is 0 Å². The molecule has 1 heterocycles. The molecule has 0 radical (unpaired) electrons. The van der Waals surface area contributed by atoms with Crippen molar-refractivity contribution in [1.82, 2.24) is 10.2 Å². The standard InChI is InChI=1S/C20H30N2O2/c23-19(20(24)12-5-2-6-13-20)21-18-10-15-22(16-11-18)14-9-17-7-3-1-4-8-17/h1,3-4,7-8,18,24H,2,5-6,9-16H2,(H,21,23). The van der Waals surface area contributed by atoms with Gasteiger partial charge in [-0.3, -0.25) is 4.79 Å². The highest BCUT2D eigenvalue weighted by atomic mass is 16.3. The zero-order valence-electron chi connectivity index (χ0n) is 14.5. The number of benzene rings is 1. The van der Waals surface area contributed by atoms with Crippen LogP contribution in [0.4, 0.5) is 0 Å². The van der Waals surface area contributed by atoms with E-state index in [1.165, 1.54) is 5.56 Å². The Balaban J connectivity index is 1.39. The summed E-state index contributed by atoms with van der Waals surface area (Å²) in [4.78, 5) is 14.9. The fourth-order valence-corrected chi connectivity index (χ4v) is 3.92. The topological polar surface area (TPSA) is 52.6 Å². The molecule has 4 nitrogen and oxygen atoms in total. The van der Waals surface area contributed by atoms with Gasteiger partial charge in [0, 0.05) is 25.7 Å². The van der Waals surface area contributed by atoms with Crippen molar-refractivity contribution in [1.29, 1.82) is 0 Å². The molecule has 132 valence electrons. The number of carbonyl (C=O) groups excluding carboxylic acids is 1. The van der Waals surface area contributed by atoms with Crippen molar-refractivity contribution in [3.63, 3.8) is 0 Å². The van der Waals surface area contributed by atoms with Crippen LogP contribution in [-0.4, -0.2) is 47.2 Å². The van der Waals surface area contributed by atoms with Gasteiger partial charge in [0.1, 0.15) is 5.60 Å². The van der Waals surface area contributed by atoms with Crippen LogP contribution in [0.5, 0.6) is 0 Å². The van der Waals surface area contributed by atoms with Gasteiger partial charge in [0.2, 0.25) is 0 Å². The Hall–Kier alpha value is -1.39. The number of carbonyl (C=O) groups is 1. The summed E-state index contributed by atoms with van der Waals surface area (Å²) in [6.45, 7) is 3.13. The van der Waals surface area contributed by atoms with E-state index in [2.05, 4.69) is 40.5 Å². The monoisotopic (exact) mass is 330 g/mol. The first kappa shape index (κ1) is 17.4. The lowest BCUT2D eigenvalue weighted by Gasteiger charge is -2.36. The second kappa shape index (κ2) is 8.13. The highest BCUT2D eigenvalue weighted by molar-refractivity contribution is 5.85. The van der Waals surface area contributed by atoms with E-state index in [9.17, 15) is 9.90 Å². The van der Waals surface area contributed by atoms with E-state index >= 15 is 0 Å². The van der Waals surface area contributed by atoms with Crippen molar-refractivity contribution in [2.45, 2.75) is 63.0 Å². The van der Waals surface area contributed by atoms with Crippen LogP contribution in [0.1, 0.15) is 50.5 Å². The Morgan fingerprint density at radius 1 is 1.12 bits per heavy atom. The van der Waals surface area contributed by atoms with Crippen LogP contribution in [-0.2, 0) is 11.2 Å². The first-order valence-electron chi connectivity index (χ1n) is 9.45. The predicted octanol–water partition coefficient (Wildman–Crippen LogP) is 2.50. The van der Waals surface area contributed by atoms with E-state index in [-0.39, 0.29) is 11.9 Å². The van der Waals surface area contributed by atoms with E-state index in [0.29, 0.717) is 12.8 Å². The van der Waals surface area contributed by atoms with Gasteiger partial charge in [0.25, 0.3) is 5.91 Å². The molecule has 2 fully saturated rings. The molecule has 0 unspecified atom stereocenters. The molecule has 4 heteroatoms. The number of nitrogens with zero attached hydrogens (tertiary/aromatic N) is 1. The van der Waals surface area contributed by atoms with Crippen molar-refractivity contribution in [2.24, 2.45) is 0 Å². The summed E-state index contributed by atoms with van der Waals surface area (Å²) >= 11 is 0. The molecule has 1 amide bonds. The van der Waals surface area contributed by atoms with Gasteiger partial charge in [-0.25, -0.2) is 0 Å². The zero-order valence-corrected chi connectivity index (χ0v) is 14.5. The molecule has 0 bridgehead atoms. The second-order valence-electron chi connectivity index (χ2n) is 7.42. The predicted molar refractivity (Wildman–Crippen MR) is 95.8 cm³/mol. The molecule has 2 aliphatic rings. The molecular weight excluding hydrogens is 300 g/mol. The summed E-state index contributed by atoms with van der Waals surface area (Å²) < 4.78 is 0. The Morgan fingerprint density at radius 3 is 2.46 bits per heavy atom. The fourth-order valence-electron chi connectivity index (χ4n) is 3.92. The molecule has 24 heavy (non-hydrogen) atoms.